The molecule has 0 aliphatic heterocycles. The van der Waals surface area contributed by atoms with Gasteiger partial charge in [0.05, 0.1) is 13.2 Å². The number of fused-ring (bicyclic) bond motifs is 1. The fraction of sp³-hybridized carbons (Fsp3) is 0.174. The number of hydrogen-bond donors (Lipinski definition) is 4. The molecular weight excluding hydrogens is 468 g/mol. The zero-order valence-corrected chi connectivity index (χ0v) is 19.0. The molecule has 1 unspecified atom stereocenters. The highest BCUT2D eigenvalue weighted by Crippen LogP contribution is 2.23. The van der Waals surface area contributed by atoms with Crippen LogP contribution in [0.3, 0.4) is 0 Å². The number of nitrogen functional groups attached to an aromatic ring is 2. The summed E-state index contributed by atoms with van der Waals surface area (Å²) in [6.45, 7) is 0.131. The largest absolute Gasteiger partial charge is 0.449 e. The number of para-hydroxylation sites is 2. The molecule has 2 amide bonds. The van der Waals surface area contributed by atoms with Crippen LogP contribution >= 0.6 is 0 Å². The van der Waals surface area contributed by atoms with Crippen LogP contribution in [0.15, 0.2) is 67.0 Å². The van der Waals surface area contributed by atoms with Crippen molar-refractivity contribution in [2.45, 2.75) is 12.8 Å². The van der Waals surface area contributed by atoms with Crippen molar-refractivity contribution in [2.24, 2.45) is 0 Å². The quantitative estimate of drug-likeness (QED) is 0.200. The fourth-order valence-corrected chi connectivity index (χ4v) is 3.12. The first-order valence-electron chi connectivity index (χ1n) is 10.9. The van der Waals surface area contributed by atoms with Crippen molar-refractivity contribution in [3.8, 4) is 0 Å². The van der Waals surface area contributed by atoms with Gasteiger partial charge in [-0.25, -0.2) is 14.6 Å². The van der Waals surface area contributed by atoms with Crippen LogP contribution in [0.4, 0.5) is 32.7 Å². The van der Waals surface area contributed by atoms with Crippen LogP contribution in [0, 0.1) is 0 Å². The average molecular weight is 492 g/mol. The average Bonchev–Trinajstić information content (AvgIpc) is 3.28. The van der Waals surface area contributed by atoms with Gasteiger partial charge in [0.2, 0.25) is 5.95 Å². The van der Waals surface area contributed by atoms with Gasteiger partial charge in [0.15, 0.2) is 17.0 Å². The number of rotatable bonds is 9. The van der Waals surface area contributed by atoms with E-state index in [0.717, 1.165) is 0 Å². The summed E-state index contributed by atoms with van der Waals surface area (Å²) in [5.74, 6) is -0.00590. The molecule has 13 nitrogen and oxygen atoms in total. The standard InChI is InChI=1S/C23H24N8O5/c24-18-17-19(30-20(25)29-18)31(14-26-17)23(36-22(33)28-16-10-5-2-6-11-16)35-13-7-12-34-21(32)27-15-8-3-1-4-9-15/h1-6,8-11,14,23H,7,12-13H2,(H,27,32)(H,28,33)(H4,24,25,29,30). The zero-order valence-electron chi connectivity index (χ0n) is 19.0. The number of nitrogens with two attached hydrogens (primary N) is 2. The summed E-state index contributed by atoms with van der Waals surface area (Å²) in [5.41, 5.74) is 13.2. The monoisotopic (exact) mass is 492 g/mol. The Labute approximate surface area is 205 Å². The molecule has 0 saturated carbocycles. The van der Waals surface area contributed by atoms with Gasteiger partial charge in [-0.3, -0.25) is 15.2 Å². The predicted molar refractivity (Wildman–Crippen MR) is 132 cm³/mol. The lowest BCUT2D eigenvalue weighted by molar-refractivity contribution is -0.151. The second kappa shape index (κ2) is 11.5. The van der Waals surface area contributed by atoms with Crippen molar-refractivity contribution in [3.63, 3.8) is 0 Å². The number of carbonyl (C=O) groups is 2. The number of amides is 2. The van der Waals surface area contributed by atoms with E-state index >= 15 is 0 Å². The smallest absolute Gasteiger partial charge is 0.415 e. The third-order valence-electron chi connectivity index (χ3n) is 4.72. The van der Waals surface area contributed by atoms with Crippen molar-refractivity contribution >= 4 is 46.5 Å². The summed E-state index contributed by atoms with van der Waals surface area (Å²) in [4.78, 5) is 36.6. The Balaban J connectivity index is 1.38. The lowest BCUT2D eigenvalue weighted by atomic mass is 10.3. The van der Waals surface area contributed by atoms with E-state index in [-0.39, 0.29) is 36.1 Å². The van der Waals surface area contributed by atoms with Crippen LogP contribution in [-0.4, -0.2) is 44.9 Å². The van der Waals surface area contributed by atoms with Gasteiger partial charge < -0.3 is 25.7 Å². The van der Waals surface area contributed by atoms with Gasteiger partial charge in [0, 0.05) is 17.8 Å². The molecule has 0 aliphatic carbocycles. The van der Waals surface area contributed by atoms with Crippen LogP contribution in [0.25, 0.3) is 11.2 Å². The van der Waals surface area contributed by atoms with Crippen molar-refractivity contribution in [1.82, 2.24) is 19.5 Å². The molecule has 0 aliphatic rings. The number of benzene rings is 2. The van der Waals surface area contributed by atoms with Crippen LogP contribution in [0.5, 0.6) is 0 Å². The molecule has 0 fully saturated rings. The number of aromatic nitrogens is 4. The van der Waals surface area contributed by atoms with Gasteiger partial charge in [0.25, 0.3) is 6.41 Å². The first-order valence-corrected chi connectivity index (χ1v) is 10.9. The van der Waals surface area contributed by atoms with Gasteiger partial charge in [0.1, 0.15) is 6.33 Å². The second-order valence-electron chi connectivity index (χ2n) is 7.35. The first kappa shape index (κ1) is 24.2. The predicted octanol–water partition coefficient (Wildman–Crippen LogP) is 3.35. The van der Waals surface area contributed by atoms with Crippen LogP contribution in [-0.2, 0) is 14.2 Å². The van der Waals surface area contributed by atoms with Crippen LogP contribution in [0.2, 0.25) is 0 Å². The van der Waals surface area contributed by atoms with Crippen LogP contribution in [0.1, 0.15) is 12.8 Å². The Morgan fingerprint density at radius 2 is 1.53 bits per heavy atom. The highest BCUT2D eigenvalue weighted by molar-refractivity contribution is 5.85. The number of imidazole rings is 1. The van der Waals surface area contributed by atoms with Crippen molar-refractivity contribution in [2.75, 3.05) is 35.3 Å². The molecule has 0 bridgehead atoms. The van der Waals surface area contributed by atoms with Gasteiger partial charge in [-0.05, 0) is 24.3 Å². The number of hydrogen-bond acceptors (Lipinski definition) is 10. The Bertz CT molecular complexity index is 1320. The van der Waals surface area contributed by atoms with Gasteiger partial charge in [-0.1, -0.05) is 36.4 Å². The van der Waals surface area contributed by atoms with Crippen molar-refractivity contribution in [1.29, 1.82) is 0 Å². The normalized spacial score (nSPS) is 11.6. The molecule has 36 heavy (non-hydrogen) atoms. The molecule has 2 heterocycles. The Morgan fingerprint density at radius 1 is 0.889 bits per heavy atom. The summed E-state index contributed by atoms with van der Waals surface area (Å²) < 4.78 is 17.8. The molecule has 0 saturated heterocycles. The molecule has 0 spiro atoms. The lowest BCUT2D eigenvalue weighted by Crippen LogP contribution is -2.24. The first-order chi connectivity index (χ1) is 17.5. The van der Waals surface area contributed by atoms with E-state index in [1.165, 1.54) is 10.9 Å². The van der Waals surface area contributed by atoms with Crippen molar-refractivity contribution < 1.29 is 23.8 Å². The molecule has 0 radical (unpaired) electrons. The highest BCUT2D eigenvalue weighted by Gasteiger charge is 2.22. The Hall–Kier alpha value is -4.91. The molecular formula is C23H24N8O5. The van der Waals surface area contributed by atoms with Crippen molar-refractivity contribution in [3.05, 3.63) is 67.0 Å². The molecule has 4 rings (SSSR count). The molecule has 6 N–H and O–H groups in total. The summed E-state index contributed by atoms with van der Waals surface area (Å²) in [7, 11) is 0. The maximum Gasteiger partial charge on any atom is 0.415 e. The summed E-state index contributed by atoms with van der Waals surface area (Å²) in [5, 5.41) is 5.22. The molecule has 2 aromatic carbocycles. The van der Waals surface area contributed by atoms with Gasteiger partial charge in [-0.15, -0.1) is 0 Å². The molecule has 186 valence electrons. The van der Waals surface area contributed by atoms with E-state index in [2.05, 4.69) is 25.6 Å². The number of nitrogens with zero attached hydrogens (tertiary/aromatic N) is 4. The molecule has 1 atom stereocenters. The summed E-state index contributed by atoms with van der Waals surface area (Å²) in [6.07, 6.45) is -0.986. The second-order valence-corrected chi connectivity index (χ2v) is 7.35. The minimum atomic E-state index is -1.27. The summed E-state index contributed by atoms with van der Waals surface area (Å²) in [6, 6.07) is 17.7. The van der Waals surface area contributed by atoms with Crippen LogP contribution < -0.4 is 22.1 Å². The topological polar surface area (TPSA) is 182 Å². The fourth-order valence-electron chi connectivity index (χ4n) is 3.12. The minimum absolute atomic E-state index is 0.0638. The number of nitrogens with one attached hydrogen (secondary N) is 2. The van der Waals surface area contributed by atoms with E-state index in [1.54, 1.807) is 48.5 Å². The van der Waals surface area contributed by atoms with E-state index < -0.39 is 18.6 Å². The molecule has 13 heteroatoms. The van der Waals surface area contributed by atoms with E-state index in [0.29, 0.717) is 17.8 Å². The Morgan fingerprint density at radius 3 is 2.19 bits per heavy atom. The number of anilines is 4. The molecule has 2 aromatic heterocycles. The maximum atomic E-state index is 12.5. The highest BCUT2D eigenvalue weighted by atomic mass is 16.7. The van der Waals surface area contributed by atoms with E-state index in [1.807, 2.05) is 12.1 Å². The maximum absolute atomic E-state index is 12.5. The number of carbonyl (C=O) groups excluding carboxylic acids is 2. The minimum Gasteiger partial charge on any atom is -0.449 e. The number of ether oxygens (including phenoxy) is 3. The Kier molecular flexibility index (Phi) is 7.73. The summed E-state index contributed by atoms with van der Waals surface area (Å²) >= 11 is 0. The third kappa shape index (κ3) is 6.36. The zero-order chi connectivity index (χ0) is 25.3. The van der Waals surface area contributed by atoms with Gasteiger partial charge in [-0.2, -0.15) is 9.97 Å². The van der Waals surface area contributed by atoms with E-state index in [4.69, 9.17) is 25.7 Å². The van der Waals surface area contributed by atoms with Gasteiger partial charge >= 0.3 is 12.2 Å². The SMILES string of the molecule is Nc1nc(N)c2ncn(C(OCCCOC(=O)Nc3ccccc3)OC(=O)Nc3ccccc3)c2n1. The third-order valence-corrected chi connectivity index (χ3v) is 4.72. The lowest BCUT2D eigenvalue weighted by Gasteiger charge is -2.20. The van der Waals surface area contributed by atoms with E-state index in [9.17, 15) is 9.59 Å². The molecule has 4 aromatic rings.